The first kappa shape index (κ1) is 10.7. The van der Waals surface area contributed by atoms with E-state index in [1.54, 1.807) is 6.92 Å². The van der Waals surface area contributed by atoms with Crippen LogP contribution in [0.2, 0.25) is 0 Å². The van der Waals surface area contributed by atoms with Gasteiger partial charge in [0.2, 0.25) is 0 Å². The van der Waals surface area contributed by atoms with E-state index in [1.807, 2.05) is 30.3 Å². The summed E-state index contributed by atoms with van der Waals surface area (Å²) in [7, 11) is 0. The number of aliphatic carboxylic acids is 1. The van der Waals surface area contributed by atoms with Gasteiger partial charge in [-0.25, -0.2) is 0 Å². The molecule has 76 valence electrons. The quantitative estimate of drug-likeness (QED) is 0.691. The number of hydrogen-bond donors (Lipinski definition) is 1. The van der Waals surface area contributed by atoms with Crippen molar-refractivity contribution in [2.75, 3.05) is 0 Å². The highest BCUT2D eigenvalue weighted by molar-refractivity contribution is 5.73. The van der Waals surface area contributed by atoms with E-state index in [1.165, 1.54) is 0 Å². The molecule has 0 saturated carbocycles. The standard InChI is InChI=1S/C11H15NO2/c1-11(12,10(13)14)8-7-9-5-3-2-4-6-9/h2-6H,7-8,12H2,1H3,(H,13,14)/t11-/m1/s1. The Kier molecular flexibility index (Phi) is 3.25. The molecule has 0 aromatic heterocycles. The third kappa shape index (κ3) is 2.85. The Hall–Kier alpha value is -1.35. The Morgan fingerprint density at radius 1 is 1.43 bits per heavy atom. The molecule has 3 heteroatoms. The van der Waals surface area contributed by atoms with Crippen LogP contribution in [0.5, 0.6) is 0 Å². The first-order chi connectivity index (χ1) is 6.52. The fourth-order valence-corrected chi connectivity index (χ4v) is 1.17. The number of rotatable bonds is 4. The van der Waals surface area contributed by atoms with Crippen molar-refractivity contribution in [1.29, 1.82) is 0 Å². The monoisotopic (exact) mass is 193 g/mol. The topological polar surface area (TPSA) is 67.8 Å². The van der Waals surface area contributed by atoms with Gasteiger partial charge in [-0.15, -0.1) is 0 Å². The molecule has 14 heavy (non-hydrogen) atoms. The van der Waals surface area contributed by atoms with Gasteiger partial charge in [-0.1, -0.05) is 30.3 Å². The summed E-state index contributed by atoms with van der Waals surface area (Å²) in [6.07, 6.45) is 1.22. The van der Waals surface area contributed by atoms with Crippen molar-refractivity contribution in [1.82, 2.24) is 0 Å². The van der Waals surface area contributed by atoms with E-state index in [0.717, 1.165) is 12.0 Å². The Morgan fingerprint density at radius 2 is 2.00 bits per heavy atom. The SMILES string of the molecule is C[C@@]([NH3+])(CCc1ccccc1)C(=O)[O-]. The zero-order valence-electron chi connectivity index (χ0n) is 8.32. The number of benzene rings is 1. The molecular weight excluding hydrogens is 178 g/mol. The van der Waals surface area contributed by atoms with Gasteiger partial charge in [0.05, 0.1) is 0 Å². The van der Waals surface area contributed by atoms with E-state index in [4.69, 9.17) is 0 Å². The molecule has 0 aliphatic rings. The molecule has 0 spiro atoms. The summed E-state index contributed by atoms with van der Waals surface area (Å²) in [6, 6.07) is 9.77. The first-order valence-electron chi connectivity index (χ1n) is 4.63. The van der Waals surface area contributed by atoms with Crippen LogP contribution in [0.25, 0.3) is 0 Å². The average Bonchev–Trinajstić information content (AvgIpc) is 2.16. The fraction of sp³-hybridized carbons (Fsp3) is 0.364. The van der Waals surface area contributed by atoms with Crippen LogP contribution in [-0.2, 0) is 11.2 Å². The summed E-state index contributed by atoms with van der Waals surface area (Å²) >= 11 is 0. The van der Waals surface area contributed by atoms with E-state index < -0.39 is 11.5 Å². The van der Waals surface area contributed by atoms with Crippen molar-refractivity contribution in [2.45, 2.75) is 25.3 Å². The van der Waals surface area contributed by atoms with Gasteiger partial charge in [-0.3, -0.25) is 0 Å². The molecule has 3 N–H and O–H groups in total. The Morgan fingerprint density at radius 3 is 2.50 bits per heavy atom. The second-order valence-electron chi connectivity index (χ2n) is 3.83. The zero-order valence-corrected chi connectivity index (χ0v) is 8.32. The van der Waals surface area contributed by atoms with Crippen LogP contribution < -0.4 is 10.8 Å². The number of carbonyl (C=O) groups is 1. The van der Waals surface area contributed by atoms with Crippen LogP contribution in [0.15, 0.2) is 30.3 Å². The van der Waals surface area contributed by atoms with Crippen molar-refractivity contribution in [2.24, 2.45) is 0 Å². The molecule has 0 bridgehead atoms. The van der Waals surface area contributed by atoms with Crippen molar-refractivity contribution < 1.29 is 15.6 Å². The molecule has 1 aromatic rings. The Labute approximate surface area is 83.6 Å². The van der Waals surface area contributed by atoms with Crippen molar-refractivity contribution in [3.05, 3.63) is 35.9 Å². The molecule has 3 nitrogen and oxygen atoms in total. The summed E-state index contributed by atoms with van der Waals surface area (Å²) in [6.45, 7) is 1.59. The van der Waals surface area contributed by atoms with Crippen molar-refractivity contribution >= 4 is 5.97 Å². The average molecular weight is 193 g/mol. The molecule has 0 saturated heterocycles. The van der Waals surface area contributed by atoms with Crippen LogP contribution in [0, 0.1) is 0 Å². The molecule has 0 radical (unpaired) electrons. The maximum Gasteiger partial charge on any atom is 0.132 e. The summed E-state index contributed by atoms with van der Waals surface area (Å²) in [4.78, 5) is 10.7. The molecule has 0 heterocycles. The lowest BCUT2D eigenvalue weighted by Gasteiger charge is -2.21. The minimum atomic E-state index is -1.09. The molecule has 1 aromatic carbocycles. The van der Waals surface area contributed by atoms with Gasteiger partial charge in [-0.2, -0.15) is 0 Å². The molecule has 1 rings (SSSR count). The number of aryl methyl sites for hydroxylation is 1. The number of carboxylic acids is 1. The molecule has 1 atom stereocenters. The third-order valence-corrected chi connectivity index (χ3v) is 2.30. The second kappa shape index (κ2) is 4.24. The lowest BCUT2D eigenvalue weighted by Crippen LogP contribution is -2.78. The van der Waals surface area contributed by atoms with Gasteiger partial charge in [0.1, 0.15) is 11.5 Å². The lowest BCUT2D eigenvalue weighted by atomic mass is 9.95. The van der Waals surface area contributed by atoms with Gasteiger partial charge in [-0.05, 0) is 18.9 Å². The van der Waals surface area contributed by atoms with Gasteiger partial charge in [0.25, 0.3) is 0 Å². The molecule has 0 fully saturated rings. The fourth-order valence-electron chi connectivity index (χ4n) is 1.17. The highest BCUT2D eigenvalue weighted by Gasteiger charge is 2.23. The lowest BCUT2D eigenvalue weighted by molar-refractivity contribution is -0.482. The second-order valence-corrected chi connectivity index (χ2v) is 3.83. The number of carbonyl (C=O) groups excluding carboxylic acids is 1. The van der Waals surface area contributed by atoms with E-state index in [9.17, 15) is 9.90 Å². The minimum Gasteiger partial charge on any atom is -0.544 e. The summed E-state index contributed by atoms with van der Waals surface area (Å²) in [5.41, 5.74) is 3.76. The van der Waals surface area contributed by atoms with Crippen LogP contribution in [0.3, 0.4) is 0 Å². The molecule has 0 aliphatic carbocycles. The first-order valence-corrected chi connectivity index (χ1v) is 4.63. The van der Waals surface area contributed by atoms with Gasteiger partial charge < -0.3 is 15.6 Å². The van der Waals surface area contributed by atoms with Crippen molar-refractivity contribution in [3.8, 4) is 0 Å². The van der Waals surface area contributed by atoms with Crippen LogP contribution in [-0.4, -0.2) is 11.5 Å². The molecule has 0 aliphatic heterocycles. The smallest absolute Gasteiger partial charge is 0.132 e. The van der Waals surface area contributed by atoms with Gasteiger partial charge in [0, 0.05) is 6.42 Å². The van der Waals surface area contributed by atoms with E-state index in [-0.39, 0.29) is 0 Å². The van der Waals surface area contributed by atoms with Gasteiger partial charge >= 0.3 is 0 Å². The molecular formula is C11H15NO2. The number of quaternary nitrogens is 1. The normalized spacial score (nSPS) is 14.7. The van der Waals surface area contributed by atoms with Crippen molar-refractivity contribution in [3.63, 3.8) is 0 Å². The largest absolute Gasteiger partial charge is 0.544 e. The predicted molar refractivity (Wildman–Crippen MR) is 51.1 cm³/mol. The molecule has 0 unspecified atom stereocenters. The summed E-state index contributed by atoms with van der Waals surface area (Å²) in [5.74, 6) is -1.09. The van der Waals surface area contributed by atoms with Crippen LogP contribution in [0.4, 0.5) is 0 Å². The zero-order chi connectivity index (χ0) is 10.6. The Balaban J connectivity index is 2.53. The highest BCUT2D eigenvalue weighted by atomic mass is 16.4. The minimum absolute atomic E-state index is 0.499. The summed E-state index contributed by atoms with van der Waals surface area (Å²) in [5, 5.41) is 10.7. The number of carboxylic acid groups (broad SMARTS) is 1. The van der Waals surface area contributed by atoms with E-state index in [2.05, 4.69) is 5.73 Å². The Bertz CT molecular complexity index is 306. The molecule has 0 amide bonds. The van der Waals surface area contributed by atoms with Crippen LogP contribution in [0.1, 0.15) is 18.9 Å². The number of hydrogen-bond acceptors (Lipinski definition) is 2. The third-order valence-electron chi connectivity index (χ3n) is 2.30. The maximum absolute atomic E-state index is 10.7. The van der Waals surface area contributed by atoms with E-state index in [0.29, 0.717) is 6.42 Å². The predicted octanol–water partition coefficient (Wildman–Crippen LogP) is -0.630. The van der Waals surface area contributed by atoms with E-state index >= 15 is 0 Å². The summed E-state index contributed by atoms with van der Waals surface area (Å²) < 4.78 is 0. The van der Waals surface area contributed by atoms with Crippen LogP contribution >= 0.6 is 0 Å². The highest BCUT2D eigenvalue weighted by Crippen LogP contribution is 2.09. The maximum atomic E-state index is 10.7. The van der Waals surface area contributed by atoms with Gasteiger partial charge in [0.15, 0.2) is 0 Å².